The molecule has 0 spiro atoms. The van der Waals surface area contributed by atoms with Crippen molar-refractivity contribution < 1.29 is 31.2 Å². The van der Waals surface area contributed by atoms with Crippen molar-refractivity contribution in [3.05, 3.63) is 0 Å². The molecule has 0 aliphatic carbocycles. The van der Waals surface area contributed by atoms with Gasteiger partial charge in [-0.1, -0.05) is 0 Å². The molecule has 5 heavy (non-hydrogen) atoms. The minimum Gasteiger partial charge on any atom is 0 e. The number of halogens is 1. The van der Waals surface area contributed by atoms with Gasteiger partial charge in [0.2, 0.25) is 0 Å². The molecule has 0 rings (SSSR count). The first-order valence-corrected chi connectivity index (χ1v) is 0. The SMILES string of the molecule is O.[F].[GeH4].[PbH2].[W]. The molecule has 0 aromatic heterocycles. The Morgan fingerprint density at radius 3 is 1.00 bits per heavy atom. The quantitative estimate of drug-likeness (QED) is 0.319. The summed E-state index contributed by atoms with van der Waals surface area (Å²) in [4.78, 5) is 0. The van der Waals surface area contributed by atoms with Crippen LogP contribution in [0.15, 0.2) is 0 Å². The van der Waals surface area contributed by atoms with Crippen LogP contribution in [-0.4, -0.2) is 50.4 Å². The Kier molecular flexibility index (Phi) is 454. The fourth-order valence-corrected chi connectivity index (χ4v) is 0. The van der Waals surface area contributed by atoms with Crippen molar-refractivity contribution in [3.8, 4) is 0 Å². The Morgan fingerprint density at radius 2 is 1.00 bits per heavy atom. The summed E-state index contributed by atoms with van der Waals surface area (Å²) in [6, 6.07) is 0. The molecule has 5 heteroatoms. The van der Waals surface area contributed by atoms with Gasteiger partial charge in [-0.25, -0.2) is 0 Å². The Bertz CT molecular complexity index is 11.6. The van der Waals surface area contributed by atoms with Crippen LogP contribution in [0.5, 0.6) is 0 Å². The van der Waals surface area contributed by atoms with E-state index in [9.17, 15) is 0 Å². The maximum Gasteiger partial charge on any atom is 0 e. The molecule has 0 aliphatic heterocycles. The van der Waals surface area contributed by atoms with Crippen molar-refractivity contribution in [2.75, 3.05) is 0 Å². The molecule has 0 aromatic rings. The van der Waals surface area contributed by atoms with Gasteiger partial charge in [0.15, 0.2) is 0 Å². The molecule has 0 aliphatic rings. The molecular formula is H8FGeOPbW. The third kappa shape index (κ3) is 23.7. The molecule has 0 fully saturated rings. The van der Waals surface area contributed by atoms with Crippen LogP contribution in [0.2, 0.25) is 0 Å². The van der Waals surface area contributed by atoms with Crippen LogP contribution in [0.4, 0.5) is 4.70 Å². The average molecular weight is 507 g/mol. The first-order valence-electron chi connectivity index (χ1n) is 0. The summed E-state index contributed by atoms with van der Waals surface area (Å²) in [5, 5.41) is 0. The molecule has 0 saturated heterocycles. The second-order valence-electron chi connectivity index (χ2n) is 0. The molecular weight excluding hydrogens is 499 g/mol. The summed E-state index contributed by atoms with van der Waals surface area (Å²) in [7, 11) is 0. The molecule has 1 nitrogen and oxygen atoms in total. The maximum absolute atomic E-state index is 0. The van der Waals surface area contributed by atoms with Crippen LogP contribution >= 0.6 is 0 Å². The molecule has 0 aromatic carbocycles. The zero-order valence-electron chi connectivity index (χ0n) is 1.99. The molecule has 0 bridgehead atoms. The van der Waals surface area contributed by atoms with Gasteiger partial charge < -0.3 is 5.48 Å². The van der Waals surface area contributed by atoms with Gasteiger partial charge in [0.1, 0.15) is 0 Å². The third-order valence-electron chi connectivity index (χ3n) is 0. The van der Waals surface area contributed by atoms with Crippen molar-refractivity contribution in [1.29, 1.82) is 0 Å². The van der Waals surface area contributed by atoms with Crippen molar-refractivity contribution in [2.45, 2.75) is 0 Å². The number of rotatable bonds is 0. The first kappa shape index (κ1) is 61.6. The second kappa shape index (κ2) is 36.8. The van der Waals surface area contributed by atoms with E-state index in [0.717, 1.165) is 0 Å². The Hall–Kier alpha value is 2.04. The van der Waals surface area contributed by atoms with Gasteiger partial charge in [-0.15, -0.1) is 0 Å². The van der Waals surface area contributed by atoms with Crippen molar-refractivity contribution in [2.24, 2.45) is 0 Å². The summed E-state index contributed by atoms with van der Waals surface area (Å²) in [6.07, 6.45) is 0. The minimum atomic E-state index is 0. The second-order valence-corrected chi connectivity index (χ2v) is 0. The molecule has 0 atom stereocenters. The zero-order valence-corrected chi connectivity index (χ0v) is 10.4. The van der Waals surface area contributed by atoms with Crippen LogP contribution in [0.25, 0.3) is 0 Å². The molecule has 0 saturated carbocycles. The van der Waals surface area contributed by atoms with E-state index in [2.05, 4.69) is 0 Å². The van der Waals surface area contributed by atoms with Gasteiger partial charge in [0.05, 0.1) is 0 Å². The van der Waals surface area contributed by atoms with E-state index >= 15 is 0 Å². The van der Waals surface area contributed by atoms with Gasteiger partial charge in [0.25, 0.3) is 0 Å². The van der Waals surface area contributed by atoms with Gasteiger partial charge in [-0.3, -0.25) is 0 Å². The van der Waals surface area contributed by atoms with Crippen molar-refractivity contribution in [3.63, 3.8) is 0 Å². The largest absolute Gasteiger partial charge is 0 e. The smallest absolute Gasteiger partial charge is 0 e. The van der Waals surface area contributed by atoms with Gasteiger partial charge in [-0.05, 0) is 0 Å². The van der Waals surface area contributed by atoms with Crippen LogP contribution < -0.4 is 0 Å². The minimum absolute atomic E-state index is 0. The summed E-state index contributed by atoms with van der Waals surface area (Å²) in [5.41, 5.74) is 0. The summed E-state index contributed by atoms with van der Waals surface area (Å²) >= 11 is 0. The van der Waals surface area contributed by atoms with Gasteiger partial charge in [0, 0.05) is 25.8 Å². The fourth-order valence-electron chi connectivity index (χ4n) is 0. The Labute approximate surface area is 75.3 Å². The predicted octanol–water partition coefficient (Wildman–Crippen LogP) is -2.77. The Morgan fingerprint density at radius 1 is 1.00 bits per heavy atom. The standard InChI is InChI=1S/F.GeH4.H2O.Pb.W.2H/h;1H4;1H2;;;;. The van der Waals surface area contributed by atoms with E-state index in [-0.39, 0.29) is 76.1 Å². The van der Waals surface area contributed by atoms with E-state index in [4.69, 9.17) is 0 Å². The molecule has 35 valence electrons. The first-order chi connectivity index (χ1) is 0. The zero-order chi connectivity index (χ0) is 0. The summed E-state index contributed by atoms with van der Waals surface area (Å²) in [6.45, 7) is 0. The van der Waals surface area contributed by atoms with E-state index in [1.54, 1.807) is 0 Å². The Balaban J connectivity index is 0. The number of hydrogen-bond donors (Lipinski definition) is 0. The maximum atomic E-state index is 0. The van der Waals surface area contributed by atoms with Gasteiger partial charge in [-0.2, -0.15) is 0 Å². The molecule has 3 radical (unpaired) electrons. The van der Waals surface area contributed by atoms with Crippen LogP contribution in [0, 0.1) is 0 Å². The van der Waals surface area contributed by atoms with Crippen molar-refractivity contribution >= 4 is 44.9 Å². The molecule has 0 amide bonds. The van der Waals surface area contributed by atoms with E-state index in [0.29, 0.717) is 0 Å². The predicted molar refractivity (Wildman–Crippen MR) is 24.6 cm³/mol. The molecule has 2 N–H and O–H groups in total. The van der Waals surface area contributed by atoms with Crippen molar-refractivity contribution in [1.82, 2.24) is 0 Å². The van der Waals surface area contributed by atoms with Gasteiger partial charge >= 0.3 is 44.9 Å². The normalized spacial score (nSPS) is 0. The number of hydrogen-bond acceptors (Lipinski definition) is 0. The van der Waals surface area contributed by atoms with Crippen LogP contribution in [-0.2, 0) is 21.1 Å². The third-order valence-corrected chi connectivity index (χ3v) is 0. The molecule has 0 heterocycles. The average Bonchev–Trinajstić information content (AvgIpc) is 0. The summed E-state index contributed by atoms with van der Waals surface area (Å²) in [5.74, 6) is 0. The van der Waals surface area contributed by atoms with Crippen LogP contribution in [0.1, 0.15) is 0 Å². The monoisotopic (exact) mass is 509 g/mol. The van der Waals surface area contributed by atoms with Crippen LogP contribution in [0.3, 0.4) is 0 Å². The fraction of sp³-hybridized carbons (Fsp3) is 0. The van der Waals surface area contributed by atoms with E-state index in [1.807, 2.05) is 0 Å². The topological polar surface area (TPSA) is 31.5 Å². The van der Waals surface area contributed by atoms with E-state index < -0.39 is 0 Å². The van der Waals surface area contributed by atoms with E-state index in [1.165, 1.54) is 0 Å². The molecule has 0 unspecified atom stereocenters. The summed E-state index contributed by atoms with van der Waals surface area (Å²) < 4.78 is 0.